The molecule has 1 amide bonds. The number of pyridine rings is 1. The molecule has 7 heteroatoms. The predicted octanol–water partition coefficient (Wildman–Crippen LogP) is 5.42. The van der Waals surface area contributed by atoms with Crippen molar-refractivity contribution in [3.05, 3.63) is 89.6 Å². The molecule has 4 aromatic rings. The van der Waals surface area contributed by atoms with Crippen LogP contribution < -0.4 is 10.2 Å². The molecular formula is C29H32FN5O. The Kier molecular flexibility index (Phi) is 7.26. The van der Waals surface area contributed by atoms with E-state index in [1.54, 1.807) is 18.3 Å². The number of aromatic nitrogens is 3. The van der Waals surface area contributed by atoms with Crippen molar-refractivity contribution in [2.75, 3.05) is 18.0 Å². The summed E-state index contributed by atoms with van der Waals surface area (Å²) in [4.78, 5) is 24.5. The number of nitrogens with one attached hydrogen (secondary N) is 1. The van der Waals surface area contributed by atoms with Crippen molar-refractivity contribution >= 4 is 22.8 Å². The topological polar surface area (TPSA) is 63.1 Å². The third-order valence-corrected chi connectivity index (χ3v) is 6.90. The fraction of sp³-hybridized carbons (Fsp3) is 0.345. The Hall–Kier alpha value is -3.74. The molecule has 2 aromatic heterocycles. The van der Waals surface area contributed by atoms with Crippen molar-refractivity contribution in [3.63, 3.8) is 0 Å². The van der Waals surface area contributed by atoms with Gasteiger partial charge in [0.05, 0.1) is 12.6 Å². The second-order valence-corrected chi connectivity index (χ2v) is 9.52. The minimum absolute atomic E-state index is 0.0176. The molecule has 1 atom stereocenters. The highest BCUT2D eigenvalue weighted by Gasteiger charge is 2.16. The lowest BCUT2D eigenvalue weighted by Gasteiger charge is -2.29. The van der Waals surface area contributed by atoms with Crippen LogP contribution in [-0.4, -0.2) is 33.5 Å². The Labute approximate surface area is 211 Å². The molecule has 0 aliphatic carbocycles. The number of rotatable bonds is 8. The van der Waals surface area contributed by atoms with E-state index in [0.29, 0.717) is 19.4 Å². The van der Waals surface area contributed by atoms with Crippen molar-refractivity contribution in [3.8, 4) is 0 Å². The lowest BCUT2D eigenvalue weighted by atomic mass is 10.1. The fourth-order valence-electron chi connectivity index (χ4n) is 4.88. The summed E-state index contributed by atoms with van der Waals surface area (Å²) >= 11 is 0. The number of benzene rings is 2. The van der Waals surface area contributed by atoms with E-state index >= 15 is 0 Å². The van der Waals surface area contributed by atoms with Gasteiger partial charge in [-0.3, -0.25) is 4.79 Å². The lowest BCUT2D eigenvalue weighted by Crippen LogP contribution is -2.29. The molecule has 1 saturated heterocycles. The first kappa shape index (κ1) is 24.0. The van der Waals surface area contributed by atoms with Crippen LogP contribution in [0.25, 0.3) is 11.2 Å². The highest BCUT2D eigenvalue weighted by atomic mass is 19.1. The first-order chi connectivity index (χ1) is 17.6. The van der Waals surface area contributed by atoms with Gasteiger partial charge in [-0.15, -0.1) is 0 Å². The van der Waals surface area contributed by atoms with Gasteiger partial charge in [0.1, 0.15) is 17.2 Å². The normalized spacial score (nSPS) is 14.7. The van der Waals surface area contributed by atoms with Gasteiger partial charge in [-0.1, -0.05) is 24.3 Å². The molecule has 186 valence electrons. The van der Waals surface area contributed by atoms with Gasteiger partial charge in [-0.05, 0) is 73.7 Å². The summed E-state index contributed by atoms with van der Waals surface area (Å²) in [7, 11) is 0. The molecule has 3 heterocycles. The van der Waals surface area contributed by atoms with Gasteiger partial charge in [0, 0.05) is 37.8 Å². The van der Waals surface area contributed by atoms with E-state index in [1.165, 1.54) is 37.1 Å². The number of anilines is 1. The standard InChI is InChI=1S/C29H32FN5O/c1-21(23-9-13-25(14-10-23)34-18-3-2-4-19-34)32-28(36)16-15-27-33-26-6-5-17-31-29(26)35(27)20-22-7-11-24(30)12-8-22/h5-14,17,21H,2-4,15-16,18-20H2,1H3,(H,32,36)/t21-/m0/s1. The van der Waals surface area contributed by atoms with E-state index in [-0.39, 0.29) is 17.8 Å². The molecule has 0 saturated carbocycles. The first-order valence-corrected chi connectivity index (χ1v) is 12.8. The number of imidazole rings is 1. The zero-order chi connectivity index (χ0) is 24.9. The van der Waals surface area contributed by atoms with E-state index in [4.69, 9.17) is 4.98 Å². The van der Waals surface area contributed by atoms with Crippen LogP contribution in [0, 0.1) is 5.82 Å². The number of fused-ring (bicyclic) bond motifs is 1. The summed E-state index contributed by atoms with van der Waals surface area (Å²) in [6, 6.07) is 18.7. The molecule has 36 heavy (non-hydrogen) atoms. The largest absolute Gasteiger partial charge is 0.372 e. The lowest BCUT2D eigenvalue weighted by molar-refractivity contribution is -0.121. The van der Waals surface area contributed by atoms with Crippen LogP contribution in [-0.2, 0) is 17.8 Å². The quantitative estimate of drug-likeness (QED) is 0.362. The molecule has 1 aliphatic heterocycles. The van der Waals surface area contributed by atoms with Gasteiger partial charge >= 0.3 is 0 Å². The fourth-order valence-corrected chi connectivity index (χ4v) is 4.88. The average Bonchev–Trinajstić information content (AvgIpc) is 3.26. The van der Waals surface area contributed by atoms with Crippen molar-refractivity contribution in [1.29, 1.82) is 0 Å². The SMILES string of the molecule is C[C@H](NC(=O)CCc1nc2cccnc2n1Cc1ccc(F)cc1)c1ccc(N2CCCCC2)cc1. The summed E-state index contributed by atoms with van der Waals surface area (Å²) in [5.74, 6) is 0.511. The number of carbonyl (C=O) groups is 1. The van der Waals surface area contributed by atoms with Crippen molar-refractivity contribution in [2.45, 2.75) is 51.6 Å². The number of halogens is 1. The Morgan fingerprint density at radius 2 is 1.78 bits per heavy atom. The molecule has 1 N–H and O–H groups in total. The number of nitrogens with zero attached hydrogens (tertiary/aromatic N) is 4. The van der Waals surface area contributed by atoms with Gasteiger partial charge in [0.2, 0.25) is 5.91 Å². The van der Waals surface area contributed by atoms with Crippen molar-refractivity contribution in [2.24, 2.45) is 0 Å². The van der Waals surface area contributed by atoms with E-state index in [9.17, 15) is 9.18 Å². The van der Waals surface area contributed by atoms with Crippen LogP contribution in [0.2, 0.25) is 0 Å². The summed E-state index contributed by atoms with van der Waals surface area (Å²) < 4.78 is 15.4. The van der Waals surface area contributed by atoms with Gasteiger partial charge in [-0.25, -0.2) is 14.4 Å². The van der Waals surface area contributed by atoms with Crippen LogP contribution in [0.5, 0.6) is 0 Å². The molecule has 1 fully saturated rings. The smallest absolute Gasteiger partial charge is 0.220 e. The van der Waals surface area contributed by atoms with E-state index in [0.717, 1.165) is 41.2 Å². The van der Waals surface area contributed by atoms with Gasteiger partial charge < -0.3 is 14.8 Å². The highest BCUT2D eigenvalue weighted by molar-refractivity contribution is 5.77. The molecule has 0 bridgehead atoms. The van der Waals surface area contributed by atoms with Crippen LogP contribution in [0.15, 0.2) is 66.9 Å². The summed E-state index contributed by atoms with van der Waals surface area (Å²) in [6.07, 6.45) is 6.37. The zero-order valence-electron chi connectivity index (χ0n) is 20.7. The maximum Gasteiger partial charge on any atom is 0.220 e. The van der Waals surface area contributed by atoms with Crippen molar-refractivity contribution in [1.82, 2.24) is 19.9 Å². The summed E-state index contributed by atoms with van der Waals surface area (Å²) in [6.45, 7) is 4.77. The Balaban J connectivity index is 1.23. The van der Waals surface area contributed by atoms with Crippen LogP contribution in [0.4, 0.5) is 10.1 Å². The highest BCUT2D eigenvalue weighted by Crippen LogP contribution is 2.23. The second-order valence-electron chi connectivity index (χ2n) is 9.52. The number of piperidine rings is 1. The third-order valence-electron chi connectivity index (χ3n) is 6.90. The molecule has 6 nitrogen and oxygen atoms in total. The Morgan fingerprint density at radius 1 is 1.03 bits per heavy atom. The molecule has 5 rings (SSSR count). The molecule has 0 spiro atoms. The van der Waals surface area contributed by atoms with Crippen LogP contribution >= 0.6 is 0 Å². The second kappa shape index (κ2) is 10.9. The van der Waals surface area contributed by atoms with E-state index < -0.39 is 0 Å². The summed E-state index contributed by atoms with van der Waals surface area (Å²) in [5, 5.41) is 3.13. The minimum Gasteiger partial charge on any atom is -0.372 e. The average molecular weight is 486 g/mol. The first-order valence-electron chi connectivity index (χ1n) is 12.8. The molecule has 0 radical (unpaired) electrons. The number of carbonyl (C=O) groups excluding carboxylic acids is 1. The monoisotopic (exact) mass is 485 g/mol. The Bertz CT molecular complexity index is 1310. The zero-order valence-corrected chi connectivity index (χ0v) is 20.7. The number of hydrogen-bond donors (Lipinski definition) is 1. The molecule has 1 aliphatic rings. The van der Waals surface area contributed by atoms with Crippen molar-refractivity contribution < 1.29 is 9.18 Å². The summed E-state index contributed by atoms with van der Waals surface area (Å²) in [5.41, 5.74) is 4.85. The van der Waals surface area contributed by atoms with Crippen LogP contribution in [0.3, 0.4) is 0 Å². The minimum atomic E-state index is -0.264. The van der Waals surface area contributed by atoms with Crippen LogP contribution in [0.1, 0.15) is 55.6 Å². The number of amides is 1. The van der Waals surface area contributed by atoms with E-state index in [1.807, 2.05) is 23.6 Å². The van der Waals surface area contributed by atoms with Gasteiger partial charge in [0.15, 0.2) is 5.65 Å². The predicted molar refractivity (Wildman–Crippen MR) is 140 cm³/mol. The number of aryl methyl sites for hydroxylation is 1. The Morgan fingerprint density at radius 3 is 2.53 bits per heavy atom. The molecular weight excluding hydrogens is 453 g/mol. The van der Waals surface area contributed by atoms with Gasteiger partial charge in [-0.2, -0.15) is 0 Å². The molecule has 2 aromatic carbocycles. The number of hydrogen-bond acceptors (Lipinski definition) is 4. The third kappa shape index (κ3) is 5.56. The maximum atomic E-state index is 13.4. The maximum absolute atomic E-state index is 13.4. The van der Waals surface area contributed by atoms with Gasteiger partial charge in [0.25, 0.3) is 0 Å². The molecule has 0 unspecified atom stereocenters. The van der Waals surface area contributed by atoms with E-state index in [2.05, 4.69) is 39.5 Å².